The van der Waals surface area contributed by atoms with Crippen molar-refractivity contribution in [1.29, 1.82) is 0 Å². The fraction of sp³-hybridized carbons (Fsp3) is 0.269. The summed E-state index contributed by atoms with van der Waals surface area (Å²) in [5.74, 6) is 2.67. The third-order valence-corrected chi connectivity index (χ3v) is 6.48. The van der Waals surface area contributed by atoms with Gasteiger partial charge in [0.2, 0.25) is 0 Å². The summed E-state index contributed by atoms with van der Waals surface area (Å²) in [5.41, 5.74) is 4.46. The van der Waals surface area contributed by atoms with Gasteiger partial charge in [-0.05, 0) is 54.8 Å². The van der Waals surface area contributed by atoms with Gasteiger partial charge in [-0.1, -0.05) is 13.8 Å². The number of hydrogen-bond acceptors (Lipinski definition) is 6. The number of fused-ring (bicyclic) bond motifs is 1. The smallest absolute Gasteiger partial charge is 0.251 e. The van der Waals surface area contributed by atoms with Crippen molar-refractivity contribution in [2.45, 2.75) is 38.0 Å². The van der Waals surface area contributed by atoms with Gasteiger partial charge >= 0.3 is 0 Å². The monoisotopic (exact) mass is 451 g/mol. The van der Waals surface area contributed by atoms with Crippen LogP contribution in [0.5, 0.6) is 0 Å². The maximum atomic E-state index is 12.2. The van der Waals surface area contributed by atoms with Crippen LogP contribution >= 0.6 is 0 Å². The molecule has 1 aliphatic carbocycles. The summed E-state index contributed by atoms with van der Waals surface area (Å²) >= 11 is 0. The number of nitrogens with one attached hydrogen (secondary N) is 2. The summed E-state index contributed by atoms with van der Waals surface area (Å²) in [4.78, 5) is 30.4. The number of pyridine rings is 1. The highest BCUT2D eigenvalue weighted by molar-refractivity contribution is 5.98. The number of carbonyl (C=O) groups is 1. The fourth-order valence-corrected chi connectivity index (χ4v) is 4.31. The molecular formula is C26H25N7O. The molecule has 1 aliphatic heterocycles. The van der Waals surface area contributed by atoms with Gasteiger partial charge in [0.05, 0.1) is 5.69 Å². The molecule has 1 saturated carbocycles. The van der Waals surface area contributed by atoms with E-state index in [9.17, 15) is 4.79 Å². The van der Waals surface area contributed by atoms with Crippen LogP contribution in [0.4, 0.5) is 11.5 Å². The molecule has 0 atom stereocenters. The van der Waals surface area contributed by atoms with Crippen molar-refractivity contribution in [3.8, 4) is 17.2 Å². The second-order valence-electron chi connectivity index (χ2n) is 9.60. The number of carbonyl (C=O) groups excluding carboxylic acids is 1. The minimum atomic E-state index is -0.139. The quantitative estimate of drug-likeness (QED) is 0.468. The average Bonchev–Trinajstić information content (AvgIpc) is 3.58. The molecule has 0 saturated heterocycles. The van der Waals surface area contributed by atoms with Gasteiger partial charge in [-0.3, -0.25) is 9.36 Å². The number of imidazole rings is 1. The van der Waals surface area contributed by atoms with Crippen LogP contribution in [0.1, 0.15) is 54.2 Å². The number of anilines is 2. The Bertz CT molecular complexity index is 1390. The summed E-state index contributed by atoms with van der Waals surface area (Å²) in [6.45, 7) is 4.88. The lowest BCUT2D eigenvalue weighted by molar-refractivity contribution is 0.0930. The summed E-state index contributed by atoms with van der Waals surface area (Å²) in [5, 5.41) is 6.31. The molecule has 34 heavy (non-hydrogen) atoms. The van der Waals surface area contributed by atoms with Gasteiger partial charge in [-0.15, -0.1) is 0 Å². The van der Waals surface area contributed by atoms with E-state index in [4.69, 9.17) is 0 Å². The Kier molecular flexibility index (Phi) is 4.69. The zero-order valence-electron chi connectivity index (χ0n) is 19.1. The number of nitrogens with zero attached hydrogens (tertiary/aromatic N) is 5. The fourth-order valence-electron chi connectivity index (χ4n) is 4.31. The highest BCUT2D eigenvalue weighted by atomic mass is 16.1. The SMILES string of the molecule is CC1(C)CNC(=O)c2ccc(Nc3ccnc(-c4ccc(-n5cnc(C6CC6)c5)nc4)n3)cc21. The topological polar surface area (TPSA) is 97.6 Å². The molecule has 170 valence electrons. The summed E-state index contributed by atoms with van der Waals surface area (Å²) < 4.78 is 1.95. The molecule has 8 heteroatoms. The lowest BCUT2D eigenvalue weighted by Crippen LogP contribution is -2.43. The first-order chi connectivity index (χ1) is 16.5. The first-order valence-corrected chi connectivity index (χ1v) is 11.5. The molecule has 1 amide bonds. The molecule has 4 heterocycles. The maximum absolute atomic E-state index is 12.2. The molecule has 0 radical (unpaired) electrons. The molecule has 3 aromatic heterocycles. The molecule has 8 nitrogen and oxygen atoms in total. The van der Waals surface area contributed by atoms with Crippen molar-refractivity contribution in [2.75, 3.05) is 11.9 Å². The molecule has 0 bridgehead atoms. The van der Waals surface area contributed by atoms with E-state index in [1.807, 2.05) is 47.3 Å². The Morgan fingerprint density at radius 2 is 1.97 bits per heavy atom. The number of amides is 1. The average molecular weight is 452 g/mol. The minimum Gasteiger partial charge on any atom is -0.351 e. The molecule has 4 aromatic rings. The van der Waals surface area contributed by atoms with Crippen molar-refractivity contribution < 1.29 is 4.79 Å². The molecule has 0 unspecified atom stereocenters. The van der Waals surface area contributed by atoms with E-state index in [1.54, 1.807) is 12.4 Å². The van der Waals surface area contributed by atoms with Gasteiger partial charge < -0.3 is 10.6 Å². The van der Waals surface area contributed by atoms with Crippen LogP contribution in [0.3, 0.4) is 0 Å². The van der Waals surface area contributed by atoms with Gasteiger partial charge in [-0.25, -0.2) is 19.9 Å². The van der Waals surface area contributed by atoms with Crippen LogP contribution in [-0.2, 0) is 5.41 Å². The minimum absolute atomic E-state index is 0.0272. The lowest BCUT2D eigenvalue weighted by atomic mass is 9.79. The zero-order chi connectivity index (χ0) is 23.3. The zero-order valence-corrected chi connectivity index (χ0v) is 19.1. The molecular weight excluding hydrogens is 426 g/mol. The van der Waals surface area contributed by atoms with Crippen LogP contribution in [-0.4, -0.2) is 37.0 Å². The third-order valence-electron chi connectivity index (χ3n) is 6.48. The van der Waals surface area contributed by atoms with Gasteiger partial charge in [-0.2, -0.15) is 0 Å². The van der Waals surface area contributed by atoms with Crippen molar-refractivity contribution in [1.82, 2.24) is 29.8 Å². The standard InChI is InChI=1S/C26H25N7O/c1-26(2)14-29-25(34)19-7-6-18(11-20(19)26)31-22-9-10-27-24(32-22)17-5-8-23(28-12-17)33-13-21(30-15-33)16-3-4-16/h5-13,15-16H,3-4,14H2,1-2H3,(H,29,34)(H,27,31,32). The highest BCUT2D eigenvalue weighted by Crippen LogP contribution is 2.39. The lowest BCUT2D eigenvalue weighted by Gasteiger charge is -2.32. The van der Waals surface area contributed by atoms with E-state index < -0.39 is 0 Å². The van der Waals surface area contributed by atoms with E-state index in [2.05, 4.69) is 50.6 Å². The Hall–Kier alpha value is -4.07. The van der Waals surface area contributed by atoms with Crippen molar-refractivity contribution in [3.63, 3.8) is 0 Å². The molecule has 2 N–H and O–H groups in total. The predicted octanol–water partition coefficient (Wildman–Crippen LogP) is 4.37. The second-order valence-corrected chi connectivity index (χ2v) is 9.60. The third kappa shape index (κ3) is 3.81. The number of benzene rings is 1. The second kappa shape index (κ2) is 7.76. The first-order valence-electron chi connectivity index (χ1n) is 11.5. The Labute approximate surface area is 197 Å². The summed E-state index contributed by atoms with van der Waals surface area (Å²) in [7, 11) is 0. The molecule has 2 aliphatic rings. The molecule has 6 rings (SSSR count). The Morgan fingerprint density at radius 1 is 1.09 bits per heavy atom. The van der Waals surface area contributed by atoms with Crippen LogP contribution in [0.25, 0.3) is 17.2 Å². The van der Waals surface area contributed by atoms with Gasteiger partial charge in [0.15, 0.2) is 5.82 Å². The van der Waals surface area contributed by atoms with Gasteiger partial charge in [0, 0.05) is 53.3 Å². The van der Waals surface area contributed by atoms with Crippen LogP contribution in [0, 0.1) is 0 Å². The van der Waals surface area contributed by atoms with E-state index >= 15 is 0 Å². The first kappa shape index (κ1) is 20.5. The molecule has 0 spiro atoms. The molecule has 1 aromatic carbocycles. The van der Waals surface area contributed by atoms with Crippen LogP contribution < -0.4 is 10.6 Å². The molecule has 1 fully saturated rings. The van der Waals surface area contributed by atoms with E-state index in [0.717, 1.165) is 33.9 Å². The van der Waals surface area contributed by atoms with E-state index in [-0.39, 0.29) is 11.3 Å². The Morgan fingerprint density at radius 3 is 2.76 bits per heavy atom. The predicted molar refractivity (Wildman–Crippen MR) is 129 cm³/mol. The van der Waals surface area contributed by atoms with Crippen molar-refractivity contribution in [3.05, 3.63) is 78.1 Å². The summed E-state index contributed by atoms with van der Waals surface area (Å²) in [6.07, 6.45) is 9.84. The van der Waals surface area contributed by atoms with Crippen LogP contribution in [0.15, 0.2) is 61.3 Å². The highest BCUT2D eigenvalue weighted by Gasteiger charge is 2.31. The largest absolute Gasteiger partial charge is 0.351 e. The van der Waals surface area contributed by atoms with Crippen molar-refractivity contribution >= 4 is 17.4 Å². The van der Waals surface area contributed by atoms with E-state index in [1.165, 1.54) is 12.8 Å². The summed E-state index contributed by atoms with van der Waals surface area (Å²) in [6, 6.07) is 11.6. The van der Waals surface area contributed by atoms with Crippen molar-refractivity contribution in [2.24, 2.45) is 0 Å². The number of rotatable bonds is 5. The number of hydrogen-bond donors (Lipinski definition) is 2. The number of aromatic nitrogens is 5. The van der Waals surface area contributed by atoms with Gasteiger partial charge in [0.25, 0.3) is 5.91 Å². The normalized spacial score (nSPS) is 16.6. The van der Waals surface area contributed by atoms with E-state index in [0.29, 0.717) is 24.1 Å². The maximum Gasteiger partial charge on any atom is 0.251 e. The van der Waals surface area contributed by atoms with Gasteiger partial charge in [0.1, 0.15) is 18.0 Å². The van der Waals surface area contributed by atoms with Crippen LogP contribution in [0.2, 0.25) is 0 Å². The Balaban J connectivity index is 1.23.